The van der Waals surface area contributed by atoms with E-state index in [1.807, 2.05) is 58.0 Å². The number of ether oxygens (including phenoxy) is 2. The maximum Gasteiger partial charge on any atom is 0.311 e. The minimum absolute atomic E-state index is 0.0677. The summed E-state index contributed by atoms with van der Waals surface area (Å²) in [5, 5.41) is 11.0. The summed E-state index contributed by atoms with van der Waals surface area (Å²) in [5.74, 6) is 1.42. The maximum atomic E-state index is 11.0. The van der Waals surface area contributed by atoms with Crippen molar-refractivity contribution in [2.45, 2.75) is 34.3 Å². The zero-order valence-electron chi connectivity index (χ0n) is 16.8. The third-order valence-corrected chi connectivity index (χ3v) is 3.36. The first-order valence-corrected chi connectivity index (χ1v) is 9.40. The monoisotopic (exact) mass is 381 g/mol. The lowest BCUT2D eigenvalue weighted by molar-refractivity contribution is -0.385. The number of nitro groups is 1. The van der Waals surface area contributed by atoms with Gasteiger partial charge < -0.3 is 9.47 Å². The van der Waals surface area contributed by atoms with Crippen molar-refractivity contribution in [1.29, 1.82) is 0 Å². The molecule has 5 nitrogen and oxygen atoms in total. The molecule has 148 valence electrons. The molecule has 0 atom stereocenters. The molecule has 5 heteroatoms. The molecule has 0 bridgehead atoms. The van der Waals surface area contributed by atoms with Crippen molar-refractivity contribution in [2.24, 2.45) is 0 Å². The summed E-state index contributed by atoms with van der Waals surface area (Å²) in [6, 6.07) is 23.1. The van der Waals surface area contributed by atoms with Gasteiger partial charge >= 0.3 is 5.69 Å². The van der Waals surface area contributed by atoms with Crippen molar-refractivity contribution in [2.75, 3.05) is 0 Å². The second-order valence-electron chi connectivity index (χ2n) is 5.07. The molecule has 3 aromatic carbocycles. The SMILES string of the molecule is CC.CC.O=[N+]([O-])c1ccccc1Oc1ccc(OCc2ccccc2)cc1. The van der Waals surface area contributed by atoms with Gasteiger partial charge in [-0.05, 0) is 35.9 Å². The van der Waals surface area contributed by atoms with E-state index in [9.17, 15) is 10.1 Å². The van der Waals surface area contributed by atoms with Gasteiger partial charge in [0.15, 0.2) is 0 Å². The molecule has 0 unspecified atom stereocenters. The van der Waals surface area contributed by atoms with Gasteiger partial charge in [0, 0.05) is 6.07 Å². The lowest BCUT2D eigenvalue weighted by Gasteiger charge is -2.09. The van der Waals surface area contributed by atoms with E-state index in [1.54, 1.807) is 42.5 Å². The summed E-state index contributed by atoms with van der Waals surface area (Å²) in [6.07, 6.45) is 0. The van der Waals surface area contributed by atoms with Crippen LogP contribution in [0.3, 0.4) is 0 Å². The summed E-state index contributed by atoms with van der Waals surface area (Å²) in [6.45, 7) is 8.48. The topological polar surface area (TPSA) is 61.6 Å². The lowest BCUT2D eigenvalue weighted by atomic mass is 10.2. The highest BCUT2D eigenvalue weighted by atomic mass is 16.6. The first-order valence-electron chi connectivity index (χ1n) is 9.40. The first-order chi connectivity index (χ1) is 13.7. The molecule has 0 amide bonds. The van der Waals surface area contributed by atoms with Gasteiger partial charge in [0.05, 0.1) is 4.92 Å². The Kier molecular flexibility index (Phi) is 10.5. The van der Waals surface area contributed by atoms with E-state index < -0.39 is 4.92 Å². The molecule has 0 aliphatic carbocycles. The molecule has 3 aromatic rings. The Hall–Kier alpha value is -3.34. The van der Waals surface area contributed by atoms with Gasteiger partial charge in [-0.2, -0.15) is 0 Å². The molecule has 0 fully saturated rings. The standard InChI is InChI=1S/C19H15NO4.2C2H6/c21-20(22)18-8-4-5-9-19(18)24-17-12-10-16(11-13-17)23-14-15-6-2-1-3-7-15;2*1-2/h1-13H,14H2;2*1-2H3. The highest BCUT2D eigenvalue weighted by Gasteiger charge is 2.14. The van der Waals surface area contributed by atoms with Gasteiger partial charge in [-0.15, -0.1) is 0 Å². The molecule has 0 aliphatic rings. The highest BCUT2D eigenvalue weighted by molar-refractivity contribution is 5.48. The second-order valence-corrected chi connectivity index (χ2v) is 5.07. The molecule has 0 aliphatic heterocycles. The van der Waals surface area contributed by atoms with Gasteiger partial charge in [0.1, 0.15) is 18.1 Å². The molecular weight excluding hydrogens is 354 g/mol. The summed E-state index contributed by atoms with van der Waals surface area (Å²) in [7, 11) is 0. The zero-order chi connectivity index (χ0) is 20.8. The number of hydrogen-bond acceptors (Lipinski definition) is 4. The van der Waals surface area contributed by atoms with Crippen LogP contribution in [-0.4, -0.2) is 4.92 Å². The van der Waals surface area contributed by atoms with E-state index in [2.05, 4.69) is 0 Å². The van der Waals surface area contributed by atoms with Crippen molar-refractivity contribution in [3.63, 3.8) is 0 Å². The van der Waals surface area contributed by atoms with Crippen LogP contribution in [0.4, 0.5) is 5.69 Å². The molecular formula is C23H27NO4. The fraction of sp³-hybridized carbons (Fsp3) is 0.217. The van der Waals surface area contributed by atoms with Crippen molar-refractivity contribution in [1.82, 2.24) is 0 Å². The van der Waals surface area contributed by atoms with Crippen LogP contribution in [0.1, 0.15) is 33.3 Å². The van der Waals surface area contributed by atoms with Crippen LogP contribution < -0.4 is 9.47 Å². The van der Waals surface area contributed by atoms with Crippen LogP contribution >= 0.6 is 0 Å². The van der Waals surface area contributed by atoms with Crippen molar-refractivity contribution in [3.05, 3.63) is 94.5 Å². The molecule has 0 saturated heterocycles. The minimum atomic E-state index is -0.466. The molecule has 28 heavy (non-hydrogen) atoms. The molecule has 0 spiro atoms. The number of nitro benzene ring substituents is 1. The Morgan fingerprint density at radius 1 is 0.750 bits per heavy atom. The van der Waals surface area contributed by atoms with Crippen molar-refractivity contribution >= 4 is 5.69 Å². The predicted octanol–water partition coefficient (Wildman–Crippen LogP) is 7.02. The van der Waals surface area contributed by atoms with Crippen molar-refractivity contribution in [3.8, 4) is 17.2 Å². The Morgan fingerprint density at radius 3 is 1.89 bits per heavy atom. The van der Waals surface area contributed by atoms with Gasteiger partial charge in [0.25, 0.3) is 0 Å². The summed E-state index contributed by atoms with van der Waals surface area (Å²) < 4.78 is 11.3. The fourth-order valence-corrected chi connectivity index (χ4v) is 2.17. The summed E-state index contributed by atoms with van der Waals surface area (Å²) in [4.78, 5) is 10.5. The summed E-state index contributed by atoms with van der Waals surface area (Å²) >= 11 is 0. The predicted molar refractivity (Wildman–Crippen MR) is 113 cm³/mol. The third kappa shape index (κ3) is 7.11. The van der Waals surface area contributed by atoms with E-state index in [0.29, 0.717) is 18.1 Å². The molecule has 3 rings (SSSR count). The van der Waals surface area contributed by atoms with Gasteiger partial charge in [-0.3, -0.25) is 10.1 Å². The Morgan fingerprint density at radius 2 is 1.29 bits per heavy atom. The van der Waals surface area contributed by atoms with Crippen LogP contribution in [-0.2, 0) is 6.61 Å². The van der Waals surface area contributed by atoms with E-state index in [4.69, 9.17) is 9.47 Å². The number of rotatable bonds is 6. The van der Waals surface area contributed by atoms with Crippen LogP contribution in [0.2, 0.25) is 0 Å². The molecule has 0 N–H and O–H groups in total. The third-order valence-electron chi connectivity index (χ3n) is 3.36. The molecule has 0 saturated carbocycles. The Labute approximate surface area is 166 Å². The van der Waals surface area contributed by atoms with Gasteiger partial charge in [-0.25, -0.2) is 0 Å². The Balaban J connectivity index is 0.000000921. The average molecular weight is 381 g/mol. The van der Waals surface area contributed by atoms with E-state index in [-0.39, 0.29) is 11.4 Å². The largest absolute Gasteiger partial charge is 0.489 e. The molecule has 0 radical (unpaired) electrons. The lowest BCUT2D eigenvalue weighted by Crippen LogP contribution is -1.95. The van der Waals surface area contributed by atoms with Crippen LogP contribution in [0, 0.1) is 10.1 Å². The van der Waals surface area contributed by atoms with Crippen LogP contribution in [0.25, 0.3) is 0 Å². The Bertz CT molecular complexity index is 818. The quantitative estimate of drug-likeness (QED) is 0.340. The number of para-hydroxylation sites is 2. The van der Waals surface area contributed by atoms with Crippen LogP contribution in [0.15, 0.2) is 78.9 Å². The van der Waals surface area contributed by atoms with E-state index in [0.717, 1.165) is 5.56 Å². The summed E-state index contributed by atoms with van der Waals surface area (Å²) in [5.41, 5.74) is 1.01. The first kappa shape index (κ1) is 22.7. The zero-order valence-corrected chi connectivity index (χ0v) is 16.8. The van der Waals surface area contributed by atoms with Crippen LogP contribution in [0.5, 0.6) is 17.2 Å². The number of hydrogen-bond donors (Lipinski definition) is 0. The van der Waals surface area contributed by atoms with E-state index in [1.165, 1.54) is 6.07 Å². The second kappa shape index (κ2) is 12.9. The maximum absolute atomic E-state index is 11.0. The minimum Gasteiger partial charge on any atom is -0.489 e. The molecule has 0 aromatic heterocycles. The fourth-order valence-electron chi connectivity index (χ4n) is 2.17. The molecule has 0 heterocycles. The van der Waals surface area contributed by atoms with Crippen molar-refractivity contribution < 1.29 is 14.4 Å². The van der Waals surface area contributed by atoms with Gasteiger partial charge in [-0.1, -0.05) is 70.2 Å². The number of nitrogens with zero attached hydrogens (tertiary/aromatic N) is 1. The smallest absolute Gasteiger partial charge is 0.311 e. The van der Waals surface area contributed by atoms with E-state index >= 15 is 0 Å². The number of benzene rings is 3. The van der Waals surface area contributed by atoms with Gasteiger partial charge in [0.2, 0.25) is 5.75 Å². The highest BCUT2D eigenvalue weighted by Crippen LogP contribution is 2.31. The normalized spacial score (nSPS) is 9.14. The average Bonchev–Trinajstić information content (AvgIpc) is 2.77.